The van der Waals surface area contributed by atoms with E-state index in [-0.39, 0.29) is 29.6 Å². The lowest BCUT2D eigenvalue weighted by Gasteiger charge is -2.37. The summed E-state index contributed by atoms with van der Waals surface area (Å²) in [6.45, 7) is 3.40. The SMILES string of the molecule is COCC1(CNC(=O)C2CC2c2cccc(Cl)c2)CCNCC1.Cl. The number of hydrogen-bond acceptors (Lipinski definition) is 3. The molecule has 0 bridgehead atoms. The van der Waals surface area contributed by atoms with Gasteiger partial charge in [0.1, 0.15) is 0 Å². The molecular weight excluding hydrogens is 347 g/mol. The molecule has 0 aromatic heterocycles. The summed E-state index contributed by atoms with van der Waals surface area (Å²) in [5, 5.41) is 7.29. The van der Waals surface area contributed by atoms with Crippen LogP contribution in [0.15, 0.2) is 24.3 Å². The highest BCUT2D eigenvalue weighted by atomic mass is 35.5. The Balaban J connectivity index is 0.00000208. The van der Waals surface area contributed by atoms with E-state index in [0.717, 1.165) is 37.4 Å². The van der Waals surface area contributed by atoms with Crippen LogP contribution < -0.4 is 10.6 Å². The van der Waals surface area contributed by atoms with Crippen molar-refractivity contribution in [1.82, 2.24) is 10.6 Å². The Kier molecular flexibility index (Phi) is 6.93. The van der Waals surface area contributed by atoms with E-state index in [9.17, 15) is 4.79 Å². The second-order valence-corrected chi connectivity index (χ2v) is 7.34. The summed E-state index contributed by atoms with van der Waals surface area (Å²) in [5.41, 5.74) is 1.25. The van der Waals surface area contributed by atoms with Gasteiger partial charge in [-0.15, -0.1) is 12.4 Å². The Hall–Kier alpha value is -0.810. The minimum Gasteiger partial charge on any atom is -0.384 e. The number of hydrogen-bond donors (Lipinski definition) is 2. The monoisotopic (exact) mass is 372 g/mol. The highest BCUT2D eigenvalue weighted by Crippen LogP contribution is 2.48. The number of carbonyl (C=O) groups excluding carboxylic acids is 1. The molecule has 2 unspecified atom stereocenters. The van der Waals surface area contributed by atoms with Crippen molar-refractivity contribution in [2.24, 2.45) is 11.3 Å². The lowest BCUT2D eigenvalue weighted by atomic mass is 9.79. The number of benzene rings is 1. The van der Waals surface area contributed by atoms with Gasteiger partial charge in [0.25, 0.3) is 0 Å². The Labute approximate surface area is 155 Å². The molecule has 1 aliphatic heterocycles. The van der Waals surface area contributed by atoms with Crippen LogP contribution in [0.1, 0.15) is 30.7 Å². The summed E-state index contributed by atoms with van der Waals surface area (Å²) in [5.74, 6) is 0.582. The highest BCUT2D eigenvalue weighted by Gasteiger charge is 2.44. The molecule has 2 aliphatic rings. The zero-order valence-corrected chi connectivity index (χ0v) is 15.6. The summed E-state index contributed by atoms with van der Waals surface area (Å²) < 4.78 is 5.40. The number of halogens is 2. The molecule has 134 valence electrons. The zero-order valence-electron chi connectivity index (χ0n) is 14.0. The standard InChI is InChI=1S/C18H25ClN2O2.ClH/c1-23-12-18(5-7-20-8-6-18)11-21-17(22)16-10-15(16)13-3-2-4-14(19)9-13;/h2-4,9,15-16,20H,5-8,10-12H2,1H3,(H,21,22);1H. The van der Waals surface area contributed by atoms with E-state index in [0.29, 0.717) is 19.1 Å². The van der Waals surface area contributed by atoms with Crippen LogP contribution in [0.4, 0.5) is 0 Å². The van der Waals surface area contributed by atoms with Gasteiger partial charge in [0.15, 0.2) is 0 Å². The molecular formula is C18H26Cl2N2O2. The van der Waals surface area contributed by atoms with Crippen LogP contribution in [-0.2, 0) is 9.53 Å². The van der Waals surface area contributed by atoms with E-state index in [1.807, 2.05) is 18.2 Å². The number of rotatable bonds is 6. The van der Waals surface area contributed by atoms with Crippen LogP contribution in [0, 0.1) is 11.3 Å². The molecule has 1 amide bonds. The van der Waals surface area contributed by atoms with Crippen molar-refractivity contribution in [3.63, 3.8) is 0 Å². The number of carbonyl (C=O) groups is 1. The maximum absolute atomic E-state index is 12.5. The molecule has 2 atom stereocenters. The van der Waals surface area contributed by atoms with Crippen molar-refractivity contribution < 1.29 is 9.53 Å². The van der Waals surface area contributed by atoms with Crippen molar-refractivity contribution in [2.75, 3.05) is 33.4 Å². The molecule has 2 fully saturated rings. The Morgan fingerprint density at radius 1 is 1.42 bits per heavy atom. The third kappa shape index (κ3) is 4.63. The van der Waals surface area contributed by atoms with Gasteiger partial charge < -0.3 is 15.4 Å². The van der Waals surface area contributed by atoms with Crippen LogP contribution in [0.5, 0.6) is 0 Å². The normalized spacial score (nSPS) is 24.8. The molecule has 1 saturated heterocycles. The summed E-state index contributed by atoms with van der Waals surface area (Å²) >= 11 is 6.04. The summed E-state index contributed by atoms with van der Waals surface area (Å²) in [6.07, 6.45) is 3.01. The highest BCUT2D eigenvalue weighted by molar-refractivity contribution is 6.30. The second-order valence-electron chi connectivity index (χ2n) is 6.90. The molecule has 0 radical (unpaired) electrons. The average Bonchev–Trinajstić information content (AvgIpc) is 3.35. The smallest absolute Gasteiger partial charge is 0.223 e. The maximum atomic E-state index is 12.5. The Bertz CT molecular complexity index is 556. The second kappa shape index (κ2) is 8.52. The van der Waals surface area contributed by atoms with Crippen molar-refractivity contribution in [3.05, 3.63) is 34.9 Å². The number of methoxy groups -OCH3 is 1. The van der Waals surface area contributed by atoms with Crippen molar-refractivity contribution in [1.29, 1.82) is 0 Å². The fraction of sp³-hybridized carbons (Fsp3) is 0.611. The molecule has 1 aromatic rings. The largest absolute Gasteiger partial charge is 0.384 e. The van der Waals surface area contributed by atoms with E-state index in [2.05, 4.69) is 16.7 Å². The minimum absolute atomic E-state index is 0. The Morgan fingerprint density at radius 2 is 2.17 bits per heavy atom. The van der Waals surface area contributed by atoms with Crippen LogP contribution in [0.3, 0.4) is 0 Å². The molecule has 0 spiro atoms. The molecule has 4 nitrogen and oxygen atoms in total. The third-order valence-corrected chi connectivity index (χ3v) is 5.39. The van der Waals surface area contributed by atoms with Crippen LogP contribution in [0.2, 0.25) is 5.02 Å². The average molecular weight is 373 g/mol. The first-order valence-corrected chi connectivity index (χ1v) is 8.74. The molecule has 1 aliphatic carbocycles. The molecule has 3 rings (SSSR count). The zero-order chi connectivity index (χ0) is 16.3. The number of piperidine rings is 1. The van der Waals surface area contributed by atoms with Gasteiger partial charge in [0, 0.05) is 30.0 Å². The van der Waals surface area contributed by atoms with Crippen molar-refractivity contribution in [3.8, 4) is 0 Å². The quantitative estimate of drug-likeness (QED) is 0.806. The molecule has 24 heavy (non-hydrogen) atoms. The van der Waals surface area contributed by atoms with Crippen LogP contribution in [0.25, 0.3) is 0 Å². The van der Waals surface area contributed by atoms with Gasteiger partial charge in [0.2, 0.25) is 5.91 Å². The summed E-state index contributed by atoms with van der Waals surface area (Å²) in [4.78, 5) is 12.5. The molecule has 1 aromatic carbocycles. The van der Waals surface area contributed by atoms with Gasteiger partial charge >= 0.3 is 0 Å². The number of amides is 1. The number of ether oxygens (including phenoxy) is 1. The molecule has 2 N–H and O–H groups in total. The minimum atomic E-state index is 0. The molecule has 6 heteroatoms. The van der Waals surface area contributed by atoms with Gasteiger partial charge in [0.05, 0.1) is 6.61 Å². The third-order valence-electron chi connectivity index (χ3n) is 5.16. The van der Waals surface area contributed by atoms with E-state index < -0.39 is 0 Å². The van der Waals surface area contributed by atoms with E-state index in [1.165, 1.54) is 5.56 Å². The number of nitrogens with one attached hydrogen (secondary N) is 2. The van der Waals surface area contributed by atoms with Crippen molar-refractivity contribution >= 4 is 29.9 Å². The van der Waals surface area contributed by atoms with Crippen molar-refractivity contribution in [2.45, 2.75) is 25.2 Å². The van der Waals surface area contributed by atoms with Gasteiger partial charge in [-0.1, -0.05) is 23.7 Å². The fourth-order valence-corrected chi connectivity index (χ4v) is 3.83. The first kappa shape index (κ1) is 19.5. The predicted octanol–water partition coefficient (Wildman–Crippen LogP) is 3.00. The summed E-state index contributed by atoms with van der Waals surface area (Å²) in [7, 11) is 1.74. The summed E-state index contributed by atoms with van der Waals surface area (Å²) in [6, 6.07) is 7.85. The van der Waals surface area contributed by atoms with E-state index in [1.54, 1.807) is 7.11 Å². The van der Waals surface area contributed by atoms with Crippen LogP contribution in [-0.4, -0.2) is 39.3 Å². The topological polar surface area (TPSA) is 50.4 Å². The molecule has 1 saturated carbocycles. The lowest BCUT2D eigenvalue weighted by Crippen LogP contribution is -2.47. The first-order chi connectivity index (χ1) is 11.1. The van der Waals surface area contributed by atoms with Crippen LogP contribution >= 0.6 is 24.0 Å². The maximum Gasteiger partial charge on any atom is 0.223 e. The Morgan fingerprint density at radius 3 is 2.83 bits per heavy atom. The van der Waals surface area contributed by atoms with Gasteiger partial charge in [-0.05, 0) is 56.0 Å². The van der Waals surface area contributed by atoms with E-state index in [4.69, 9.17) is 16.3 Å². The predicted molar refractivity (Wildman–Crippen MR) is 99.0 cm³/mol. The fourth-order valence-electron chi connectivity index (χ4n) is 3.63. The van der Waals surface area contributed by atoms with Gasteiger partial charge in [-0.3, -0.25) is 4.79 Å². The van der Waals surface area contributed by atoms with Gasteiger partial charge in [-0.25, -0.2) is 0 Å². The van der Waals surface area contributed by atoms with E-state index >= 15 is 0 Å². The first-order valence-electron chi connectivity index (χ1n) is 8.36. The lowest BCUT2D eigenvalue weighted by molar-refractivity contribution is -0.123. The van der Waals surface area contributed by atoms with Gasteiger partial charge in [-0.2, -0.15) is 0 Å². The molecule has 1 heterocycles.